The molecule has 1 aliphatic rings. The van der Waals surface area contributed by atoms with Crippen LogP contribution in [0.4, 0.5) is 5.69 Å². The highest BCUT2D eigenvalue weighted by Crippen LogP contribution is 2.30. The lowest BCUT2D eigenvalue weighted by Crippen LogP contribution is -2.31. The van der Waals surface area contributed by atoms with Crippen molar-refractivity contribution >= 4 is 11.6 Å². The van der Waals surface area contributed by atoms with Crippen molar-refractivity contribution in [1.82, 2.24) is 9.78 Å². The first-order chi connectivity index (χ1) is 13.6. The summed E-state index contributed by atoms with van der Waals surface area (Å²) in [5.41, 5.74) is 1.77. The Morgan fingerprint density at radius 3 is 2.50 bits per heavy atom. The molecule has 1 aromatic heterocycles. The summed E-state index contributed by atoms with van der Waals surface area (Å²) >= 11 is 0. The van der Waals surface area contributed by atoms with Gasteiger partial charge in [0.05, 0.1) is 12.8 Å². The van der Waals surface area contributed by atoms with Gasteiger partial charge in [-0.1, -0.05) is 18.2 Å². The van der Waals surface area contributed by atoms with Crippen molar-refractivity contribution in [2.75, 3.05) is 12.4 Å². The molecule has 0 atom stereocenters. The minimum atomic E-state index is -0.432. The van der Waals surface area contributed by atoms with Gasteiger partial charge in [0.15, 0.2) is 0 Å². The molecule has 1 amide bonds. The van der Waals surface area contributed by atoms with Crippen LogP contribution in [0.2, 0.25) is 0 Å². The Morgan fingerprint density at radius 2 is 1.86 bits per heavy atom. The summed E-state index contributed by atoms with van der Waals surface area (Å²) in [6.45, 7) is 0.536. The summed E-state index contributed by atoms with van der Waals surface area (Å²) in [5.74, 6) is 0.761. The molecule has 6 heteroatoms. The first-order valence-corrected chi connectivity index (χ1v) is 9.27. The molecule has 0 radical (unpaired) electrons. The predicted molar refractivity (Wildman–Crippen MR) is 108 cm³/mol. The lowest BCUT2D eigenvalue weighted by molar-refractivity contribution is 0.102. The van der Waals surface area contributed by atoms with Gasteiger partial charge in [0, 0.05) is 17.8 Å². The number of rotatable bonds is 6. The van der Waals surface area contributed by atoms with Crippen LogP contribution in [0.25, 0.3) is 11.3 Å². The Labute approximate surface area is 162 Å². The van der Waals surface area contributed by atoms with E-state index in [9.17, 15) is 9.59 Å². The third-order valence-electron chi connectivity index (χ3n) is 4.76. The minimum absolute atomic E-state index is 0.0883. The average molecular weight is 375 g/mol. The quantitative estimate of drug-likeness (QED) is 0.715. The van der Waals surface area contributed by atoms with Crippen molar-refractivity contribution < 1.29 is 9.53 Å². The molecular formula is C22H21N3O3. The van der Waals surface area contributed by atoms with E-state index >= 15 is 0 Å². The van der Waals surface area contributed by atoms with Crippen molar-refractivity contribution in [1.29, 1.82) is 0 Å². The number of nitrogens with zero attached hydrogens (tertiary/aromatic N) is 2. The molecule has 1 aliphatic carbocycles. The zero-order chi connectivity index (χ0) is 19.5. The minimum Gasteiger partial charge on any atom is -0.497 e. The van der Waals surface area contributed by atoms with E-state index in [2.05, 4.69) is 10.4 Å². The number of anilines is 1. The maximum Gasteiger partial charge on any atom is 0.279 e. The summed E-state index contributed by atoms with van der Waals surface area (Å²) in [7, 11) is 1.61. The van der Waals surface area contributed by atoms with Crippen LogP contribution in [0.3, 0.4) is 0 Å². The van der Waals surface area contributed by atoms with E-state index in [1.54, 1.807) is 25.3 Å². The van der Waals surface area contributed by atoms with Crippen LogP contribution in [-0.4, -0.2) is 22.8 Å². The third-order valence-corrected chi connectivity index (χ3v) is 4.76. The van der Waals surface area contributed by atoms with Crippen LogP contribution in [0.15, 0.2) is 65.5 Å². The normalized spacial score (nSPS) is 13.2. The number of nitrogens with one attached hydrogen (secondary N) is 1. The topological polar surface area (TPSA) is 73.2 Å². The molecule has 0 saturated heterocycles. The van der Waals surface area contributed by atoms with Gasteiger partial charge in [-0.05, 0) is 61.2 Å². The average Bonchev–Trinajstić information content (AvgIpc) is 3.54. The van der Waals surface area contributed by atoms with Crippen molar-refractivity contribution in [2.24, 2.45) is 5.92 Å². The monoisotopic (exact) mass is 375 g/mol. The molecule has 2 aromatic carbocycles. The van der Waals surface area contributed by atoms with Crippen LogP contribution >= 0.6 is 0 Å². The molecule has 142 valence electrons. The highest BCUT2D eigenvalue weighted by Gasteiger charge is 2.25. The zero-order valence-corrected chi connectivity index (χ0v) is 15.6. The van der Waals surface area contributed by atoms with E-state index in [0.717, 1.165) is 24.2 Å². The lowest BCUT2D eigenvalue weighted by Gasteiger charge is -2.11. The van der Waals surface area contributed by atoms with E-state index in [1.165, 1.54) is 4.68 Å². The van der Waals surface area contributed by atoms with Crippen molar-refractivity contribution in [3.8, 4) is 17.0 Å². The Kier molecular flexibility index (Phi) is 4.93. The van der Waals surface area contributed by atoms with Gasteiger partial charge in [-0.2, -0.15) is 5.10 Å². The first kappa shape index (κ1) is 18.0. The van der Waals surface area contributed by atoms with Crippen molar-refractivity contribution in [2.45, 2.75) is 19.4 Å². The summed E-state index contributed by atoms with van der Waals surface area (Å²) in [5, 5.41) is 7.30. The van der Waals surface area contributed by atoms with Gasteiger partial charge >= 0.3 is 0 Å². The Bertz CT molecular complexity index is 1040. The van der Waals surface area contributed by atoms with Crippen LogP contribution in [0.5, 0.6) is 5.75 Å². The van der Waals surface area contributed by atoms with E-state index < -0.39 is 5.91 Å². The largest absolute Gasteiger partial charge is 0.497 e. The van der Waals surface area contributed by atoms with Crippen LogP contribution in [-0.2, 0) is 6.54 Å². The molecule has 0 spiro atoms. The van der Waals surface area contributed by atoms with E-state index in [-0.39, 0.29) is 11.1 Å². The predicted octanol–water partition coefficient (Wildman–Crippen LogP) is 3.58. The molecule has 3 aromatic rings. The SMILES string of the molecule is COc1ccc(-c2cc(C(=O)Nc3ccccc3)c(=O)n(CC3CC3)n2)cc1. The fourth-order valence-corrected chi connectivity index (χ4v) is 3.00. The number of carbonyl (C=O) groups excluding carboxylic acids is 1. The summed E-state index contributed by atoms with van der Waals surface area (Å²) in [4.78, 5) is 25.7. The second kappa shape index (κ2) is 7.68. The smallest absolute Gasteiger partial charge is 0.279 e. The fourth-order valence-electron chi connectivity index (χ4n) is 3.00. The summed E-state index contributed by atoms with van der Waals surface area (Å²) in [6, 6.07) is 18.1. The molecule has 0 aliphatic heterocycles. The molecule has 0 bridgehead atoms. The number of methoxy groups -OCH3 is 1. The van der Waals surface area contributed by atoms with Crippen LogP contribution in [0.1, 0.15) is 23.2 Å². The Balaban J connectivity index is 1.73. The second-order valence-corrected chi connectivity index (χ2v) is 6.92. The van der Waals surface area contributed by atoms with E-state index in [1.807, 2.05) is 42.5 Å². The number of carbonyl (C=O) groups is 1. The number of hydrogen-bond acceptors (Lipinski definition) is 4. The third kappa shape index (κ3) is 3.96. The van der Waals surface area contributed by atoms with Crippen LogP contribution < -0.4 is 15.6 Å². The van der Waals surface area contributed by atoms with Gasteiger partial charge in [0.25, 0.3) is 11.5 Å². The van der Waals surface area contributed by atoms with Crippen LogP contribution in [0, 0.1) is 5.92 Å². The van der Waals surface area contributed by atoms with Gasteiger partial charge in [-0.15, -0.1) is 0 Å². The molecule has 1 saturated carbocycles. The highest BCUT2D eigenvalue weighted by molar-refractivity contribution is 6.04. The molecule has 1 heterocycles. The summed E-state index contributed by atoms with van der Waals surface area (Å²) in [6.07, 6.45) is 2.18. The lowest BCUT2D eigenvalue weighted by atomic mass is 10.1. The van der Waals surface area contributed by atoms with Gasteiger partial charge in [0.1, 0.15) is 11.3 Å². The Morgan fingerprint density at radius 1 is 1.14 bits per heavy atom. The van der Waals surface area contributed by atoms with Crippen molar-refractivity contribution in [3.05, 3.63) is 76.6 Å². The number of amides is 1. The summed E-state index contributed by atoms with van der Waals surface area (Å²) < 4.78 is 6.63. The van der Waals surface area contributed by atoms with Gasteiger partial charge in [-0.25, -0.2) is 4.68 Å². The first-order valence-electron chi connectivity index (χ1n) is 9.27. The molecule has 6 nitrogen and oxygen atoms in total. The zero-order valence-electron chi connectivity index (χ0n) is 15.6. The molecule has 1 N–H and O–H groups in total. The standard InChI is InChI=1S/C22H21N3O3/c1-28-18-11-9-16(10-12-18)20-13-19(21(26)23-17-5-3-2-4-6-17)22(27)25(24-20)14-15-7-8-15/h2-6,9-13,15H,7-8,14H2,1H3,(H,23,26). The second-order valence-electron chi connectivity index (χ2n) is 6.92. The van der Waals surface area contributed by atoms with Gasteiger partial charge in [-0.3, -0.25) is 9.59 Å². The number of aromatic nitrogens is 2. The van der Waals surface area contributed by atoms with E-state index in [4.69, 9.17) is 4.74 Å². The Hall–Kier alpha value is -3.41. The molecule has 28 heavy (non-hydrogen) atoms. The molecule has 1 fully saturated rings. The maximum atomic E-state index is 12.9. The number of hydrogen-bond donors (Lipinski definition) is 1. The molecular weight excluding hydrogens is 354 g/mol. The fraction of sp³-hybridized carbons (Fsp3) is 0.227. The van der Waals surface area contributed by atoms with E-state index in [0.29, 0.717) is 23.8 Å². The van der Waals surface area contributed by atoms with Gasteiger partial charge < -0.3 is 10.1 Å². The molecule has 4 rings (SSSR count). The maximum absolute atomic E-state index is 12.9. The number of ether oxygens (including phenoxy) is 1. The highest BCUT2D eigenvalue weighted by atomic mass is 16.5. The number of benzene rings is 2. The number of para-hydroxylation sites is 1. The molecule has 0 unspecified atom stereocenters. The van der Waals surface area contributed by atoms with Crippen molar-refractivity contribution in [3.63, 3.8) is 0 Å². The van der Waals surface area contributed by atoms with Gasteiger partial charge in [0.2, 0.25) is 0 Å².